The van der Waals surface area contributed by atoms with Gasteiger partial charge in [0, 0.05) is 31.5 Å². The van der Waals surface area contributed by atoms with Gasteiger partial charge in [-0.05, 0) is 32.0 Å². The van der Waals surface area contributed by atoms with Gasteiger partial charge >= 0.3 is 0 Å². The molecule has 2 rings (SSSR count). The van der Waals surface area contributed by atoms with Crippen molar-refractivity contribution in [3.8, 4) is 0 Å². The van der Waals surface area contributed by atoms with Gasteiger partial charge in [0.05, 0.1) is 0 Å². The number of aromatic nitrogens is 1. The Bertz CT molecular complexity index is 273. The summed E-state index contributed by atoms with van der Waals surface area (Å²) in [7, 11) is 4.35. The van der Waals surface area contributed by atoms with Crippen molar-refractivity contribution < 1.29 is 0 Å². The summed E-state index contributed by atoms with van der Waals surface area (Å²) in [6, 6.07) is 5.16. The van der Waals surface area contributed by atoms with E-state index in [1.54, 1.807) is 0 Å². The largest absolute Gasteiger partial charge is 0.353 e. The van der Waals surface area contributed by atoms with Crippen LogP contribution in [0.1, 0.15) is 25.0 Å². The van der Waals surface area contributed by atoms with Crippen molar-refractivity contribution in [2.24, 2.45) is 7.05 Å². The van der Waals surface area contributed by atoms with Gasteiger partial charge in [-0.1, -0.05) is 6.42 Å². The molecule has 1 aliphatic carbocycles. The van der Waals surface area contributed by atoms with Crippen LogP contribution in [0.2, 0.25) is 0 Å². The molecule has 1 fully saturated rings. The summed E-state index contributed by atoms with van der Waals surface area (Å²) in [5, 5.41) is 0. The van der Waals surface area contributed by atoms with Crippen LogP contribution in [0, 0.1) is 0 Å². The van der Waals surface area contributed by atoms with Gasteiger partial charge in [-0.3, -0.25) is 4.90 Å². The Hall–Kier alpha value is -0.760. The molecule has 72 valence electrons. The second-order valence-electron chi connectivity index (χ2n) is 4.11. The van der Waals surface area contributed by atoms with Crippen LogP contribution in [0.25, 0.3) is 0 Å². The Morgan fingerprint density at radius 1 is 1.54 bits per heavy atom. The second kappa shape index (κ2) is 3.54. The monoisotopic (exact) mass is 178 g/mol. The molecule has 0 aromatic carbocycles. The average molecular weight is 178 g/mol. The minimum Gasteiger partial charge on any atom is -0.353 e. The number of hydrogen-bond donors (Lipinski definition) is 0. The molecule has 0 saturated heterocycles. The Balaban J connectivity index is 1.93. The first kappa shape index (κ1) is 8.82. The molecular formula is C11H18N2. The first-order valence-electron chi connectivity index (χ1n) is 5.08. The van der Waals surface area contributed by atoms with E-state index in [4.69, 9.17) is 0 Å². The van der Waals surface area contributed by atoms with E-state index in [1.165, 1.54) is 25.0 Å². The lowest BCUT2D eigenvalue weighted by atomic mass is 9.92. The summed E-state index contributed by atoms with van der Waals surface area (Å²) < 4.78 is 2.20. The number of hydrogen-bond acceptors (Lipinski definition) is 1. The number of rotatable bonds is 3. The highest BCUT2D eigenvalue weighted by molar-refractivity contribution is 5.06. The van der Waals surface area contributed by atoms with E-state index in [2.05, 4.69) is 41.9 Å². The van der Waals surface area contributed by atoms with E-state index < -0.39 is 0 Å². The van der Waals surface area contributed by atoms with Gasteiger partial charge in [-0.2, -0.15) is 0 Å². The molecule has 2 heteroatoms. The van der Waals surface area contributed by atoms with Gasteiger partial charge in [-0.15, -0.1) is 0 Å². The van der Waals surface area contributed by atoms with Crippen LogP contribution < -0.4 is 0 Å². The highest BCUT2D eigenvalue weighted by atomic mass is 15.1. The Morgan fingerprint density at radius 3 is 2.77 bits per heavy atom. The Morgan fingerprint density at radius 2 is 2.31 bits per heavy atom. The van der Waals surface area contributed by atoms with Gasteiger partial charge in [0.25, 0.3) is 0 Å². The van der Waals surface area contributed by atoms with Crippen LogP contribution in [-0.4, -0.2) is 22.6 Å². The van der Waals surface area contributed by atoms with Crippen molar-refractivity contribution >= 4 is 0 Å². The molecule has 0 aliphatic heterocycles. The SMILES string of the molecule is CN(Cc1cccn1C)C1CCC1. The molecule has 1 aromatic heterocycles. The number of aryl methyl sites for hydroxylation is 1. The normalized spacial score (nSPS) is 17.8. The van der Waals surface area contributed by atoms with Gasteiger partial charge in [-0.25, -0.2) is 0 Å². The zero-order valence-corrected chi connectivity index (χ0v) is 8.53. The molecular weight excluding hydrogens is 160 g/mol. The third-order valence-corrected chi connectivity index (χ3v) is 3.16. The van der Waals surface area contributed by atoms with E-state index in [1.807, 2.05) is 0 Å². The van der Waals surface area contributed by atoms with Crippen LogP contribution in [-0.2, 0) is 13.6 Å². The lowest BCUT2D eigenvalue weighted by Gasteiger charge is -2.34. The average Bonchev–Trinajstić information content (AvgIpc) is 2.32. The highest BCUT2D eigenvalue weighted by Crippen LogP contribution is 2.24. The molecule has 0 spiro atoms. The molecule has 0 atom stereocenters. The van der Waals surface area contributed by atoms with Crippen LogP contribution in [0.4, 0.5) is 0 Å². The first-order chi connectivity index (χ1) is 6.27. The molecule has 13 heavy (non-hydrogen) atoms. The predicted octanol–water partition coefficient (Wildman–Crippen LogP) is 2.01. The zero-order valence-electron chi connectivity index (χ0n) is 8.53. The van der Waals surface area contributed by atoms with Gasteiger partial charge in [0.2, 0.25) is 0 Å². The summed E-state index contributed by atoms with van der Waals surface area (Å²) in [5.74, 6) is 0. The van der Waals surface area contributed by atoms with Crippen molar-refractivity contribution in [3.05, 3.63) is 24.0 Å². The Labute approximate surface area is 80.2 Å². The van der Waals surface area contributed by atoms with Crippen molar-refractivity contribution in [1.29, 1.82) is 0 Å². The minimum atomic E-state index is 0.842. The van der Waals surface area contributed by atoms with Crippen LogP contribution >= 0.6 is 0 Å². The van der Waals surface area contributed by atoms with Crippen LogP contribution in [0.5, 0.6) is 0 Å². The quantitative estimate of drug-likeness (QED) is 0.687. The summed E-state index contributed by atoms with van der Waals surface area (Å²) in [6.45, 7) is 1.09. The van der Waals surface area contributed by atoms with Gasteiger partial charge in [0.15, 0.2) is 0 Å². The van der Waals surface area contributed by atoms with Crippen LogP contribution in [0.3, 0.4) is 0 Å². The maximum Gasteiger partial charge on any atom is 0.0386 e. The predicted molar refractivity (Wildman–Crippen MR) is 54.5 cm³/mol. The maximum atomic E-state index is 2.47. The maximum absolute atomic E-state index is 2.47. The molecule has 1 heterocycles. The second-order valence-corrected chi connectivity index (χ2v) is 4.11. The fraction of sp³-hybridized carbons (Fsp3) is 0.636. The standard InChI is InChI=1S/C11H18N2/c1-12-8-4-7-11(12)9-13(2)10-5-3-6-10/h4,7-8,10H,3,5-6,9H2,1-2H3. The molecule has 0 N–H and O–H groups in total. The molecule has 0 amide bonds. The molecule has 1 aliphatic rings. The lowest BCUT2D eigenvalue weighted by Crippen LogP contribution is -2.36. The summed E-state index contributed by atoms with van der Waals surface area (Å²) in [5.41, 5.74) is 1.41. The zero-order chi connectivity index (χ0) is 9.26. The van der Waals surface area contributed by atoms with Gasteiger partial charge < -0.3 is 4.57 Å². The molecule has 1 aromatic rings. The van der Waals surface area contributed by atoms with Crippen LogP contribution in [0.15, 0.2) is 18.3 Å². The minimum absolute atomic E-state index is 0.842. The third kappa shape index (κ3) is 1.78. The van der Waals surface area contributed by atoms with E-state index >= 15 is 0 Å². The molecule has 0 radical (unpaired) electrons. The van der Waals surface area contributed by atoms with E-state index in [0.29, 0.717) is 0 Å². The highest BCUT2D eigenvalue weighted by Gasteiger charge is 2.21. The molecule has 1 saturated carbocycles. The Kier molecular flexibility index (Phi) is 2.40. The number of nitrogens with zero attached hydrogens (tertiary/aromatic N) is 2. The first-order valence-corrected chi connectivity index (χ1v) is 5.08. The van der Waals surface area contributed by atoms with Crippen molar-refractivity contribution in [3.63, 3.8) is 0 Å². The summed E-state index contributed by atoms with van der Waals surface area (Å²) >= 11 is 0. The fourth-order valence-corrected chi connectivity index (χ4v) is 1.87. The van der Waals surface area contributed by atoms with Crippen molar-refractivity contribution in [2.75, 3.05) is 7.05 Å². The molecule has 0 unspecified atom stereocenters. The summed E-state index contributed by atoms with van der Waals surface area (Å²) in [4.78, 5) is 2.47. The fourth-order valence-electron chi connectivity index (χ4n) is 1.87. The van der Waals surface area contributed by atoms with E-state index in [-0.39, 0.29) is 0 Å². The van der Waals surface area contributed by atoms with E-state index in [0.717, 1.165) is 12.6 Å². The van der Waals surface area contributed by atoms with Crippen molar-refractivity contribution in [2.45, 2.75) is 31.8 Å². The lowest BCUT2D eigenvalue weighted by molar-refractivity contribution is 0.150. The smallest absolute Gasteiger partial charge is 0.0386 e. The topological polar surface area (TPSA) is 8.17 Å². The third-order valence-electron chi connectivity index (χ3n) is 3.16. The molecule has 2 nitrogen and oxygen atoms in total. The molecule has 0 bridgehead atoms. The van der Waals surface area contributed by atoms with E-state index in [9.17, 15) is 0 Å². The van der Waals surface area contributed by atoms with Gasteiger partial charge in [0.1, 0.15) is 0 Å². The van der Waals surface area contributed by atoms with Crippen molar-refractivity contribution in [1.82, 2.24) is 9.47 Å². The summed E-state index contributed by atoms with van der Waals surface area (Å²) in [6.07, 6.45) is 6.31.